The number of halogens is 5. The summed E-state index contributed by atoms with van der Waals surface area (Å²) in [6.45, 7) is 3.03. The van der Waals surface area contributed by atoms with Gasteiger partial charge in [0.15, 0.2) is 23.3 Å². The lowest BCUT2D eigenvalue weighted by atomic mass is 10.2. The molecule has 1 N–H and O–H groups in total. The molecule has 39 heavy (non-hydrogen) atoms. The monoisotopic (exact) mass is 580 g/mol. The van der Waals surface area contributed by atoms with Crippen LogP contribution in [0.15, 0.2) is 59.1 Å². The van der Waals surface area contributed by atoms with Crippen LogP contribution in [0.25, 0.3) is 27.7 Å². The van der Waals surface area contributed by atoms with E-state index >= 15 is 0 Å². The highest BCUT2D eigenvalue weighted by molar-refractivity contribution is 6.32. The number of carbonyl (C=O) groups is 1. The fourth-order valence-corrected chi connectivity index (χ4v) is 4.35. The number of carboxylic acids is 1. The first-order valence-electron chi connectivity index (χ1n) is 11.2. The minimum absolute atomic E-state index is 0.0767. The Morgan fingerprint density at radius 2 is 1.79 bits per heavy atom. The van der Waals surface area contributed by atoms with E-state index in [1.807, 2.05) is 0 Å². The molecule has 0 aliphatic carbocycles. The molecular weight excluding hydrogens is 564 g/mol. The molecule has 0 radical (unpaired) electrons. The van der Waals surface area contributed by atoms with Crippen molar-refractivity contribution in [1.29, 1.82) is 0 Å². The molecule has 0 unspecified atom stereocenters. The number of fused-ring (bicyclic) bond motifs is 2. The highest BCUT2D eigenvalue weighted by Gasteiger charge is 2.32. The minimum Gasteiger partial charge on any atom is -0.479 e. The fraction of sp³-hybridized carbons (Fsp3) is 0.154. The van der Waals surface area contributed by atoms with Crippen molar-refractivity contribution in [2.24, 2.45) is 0 Å². The molecule has 0 aliphatic heterocycles. The van der Waals surface area contributed by atoms with Gasteiger partial charge in [-0.05, 0) is 56.3 Å². The normalized spacial score (nSPS) is 12.6. The zero-order chi connectivity index (χ0) is 28.1. The third-order valence-electron chi connectivity index (χ3n) is 5.75. The number of hydrogen-bond acceptors (Lipinski definition) is 6. The SMILES string of the molecule is Cc1c(Oc2cc(O[C@@H](C)C(=O)O)ccc2Cl)c2cc(OC(F)(F)F)ccc2n1-c1noc2cc(Cl)ccc12. The number of nitrogens with zero attached hydrogens (tertiary/aromatic N) is 2. The van der Waals surface area contributed by atoms with Gasteiger partial charge in [-0.25, -0.2) is 4.79 Å². The van der Waals surface area contributed by atoms with Crippen LogP contribution in [-0.2, 0) is 4.79 Å². The van der Waals surface area contributed by atoms with Crippen LogP contribution in [0.5, 0.6) is 23.0 Å². The van der Waals surface area contributed by atoms with Crippen LogP contribution in [-0.4, -0.2) is 33.3 Å². The Labute approximate surface area is 228 Å². The Morgan fingerprint density at radius 1 is 1.05 bits per heavy atom. The first-order chi connectivity index (χ1) is 18.4. The molecule has 3 aromatic carbocycles. The number of aliphatic carboxylic acids is 1. The number of benzene rings is 3. The molecule has 202 valence electrons. The van der Waals surface area contributed by atoms with Crippen molar-refractivity contribution in [3.8, 4) is 28.8 Å². The van der Waals surface area contributed by atoms with E-state index in [1.165, 1.54) is 43.3 Å². The minimum atomic E-state index is -4.91. The summed E-state index contributed by atoms with van der Waals surface area (Å²) in [7, 11) is 0. The number of carboxylic acid groups (broad SMARTS) is 1. The molecule has 2 heterocycles. The summed E-state index contributed by atoms with van der Waals surface area (Å²) in [6.07, 6.45) is -6.07. The van der Waals surface area contributed by atoms with Crippen molar-refractivity contribution < 1.29 is 41.8 Å². The average Bonchev–Trinajstić information content (AvgIpc) is 3.37. The third-order valence-corrected chi connectivity index (χ3v) is 6.30. The number of rotatable bonds is 7. The summed E-state index contributed by atoms with van der Waals surface area (Å²) in [5, 5.41) is 14.7. The second kappa shape index (κ2) is 9.90. The molecule has 2 aromatic heterocycles. The van der Waals surface area contributed by atoms with Crippen LogP contribution in [0.3, 0.4) is 0 Å². The molecular formula is C26H17Cl2F3N2O6. The lowest BCUT2D eigenvalue weighted by Gasteiger charge is -2.13. The summed E-state index contributed by atoms with van der Waals surface area (Å²) in [5.41, 5.74) is 1.28. The van der Waals surface area contributed by atoms with Gasteiger partial charge in [-0.2, -0.15) is 0 Å². The van der Waals surface area contributed by atoms with Gasteiger partial charge in [0.1, 0.15) is 17.2 Å². The largest absolute Gasteiger partial charge is 0.573 e. The number of aromatic nitrogens is 2. The van der Waals surface area contributed by atoms with E-state index in [4.69, 9.17) is 42.3 Å². The van der Waals surface area contributed by atoms with Crippen molar-refractivity contribution >= 4 is 51.0 Å². The van der Waals surface area contributed by atoms with E-state index in [2.05, 4.69) is 9.89 Å². The van der Waals surface area contributed by atoms with Gasteiger partial charge in [0.05, 0.1) is 21.6 Å². The highest BCUT2D eigenvalue weighted by atomic mass is 35.5. The molecule has 5 aromatic rings. The molecule has 0 aliphatic rings. The maximum Gasteiger partial charge on any atom is 0.573 e. The molecule has 0 amide bonds. The predicted molar refractivity (Wildman–Crippen MR) is 137 cm³/mol. The van der Waals surface area contributed by atoms with Crippen LogP contribution in [0, 0.1) is 6.92 Å². The van der Waals surface area contributed by atoms with Gasteiger partial charge in [-0.3, -0.25) is 4.57 Å². The first kappa shape index (κ1) is 26.5. The van der Waals surface area contributed by atoms with Crippen molar-refractivity contribution in [3.63, 3.8) is 0 Å². The summed E-state index contributed by atoms with van der Waals surface area (Å²) in [4.78, 5) is 11.2. The zero-order valence-corrected chi connectivity index (χ0v) is 21.6. The molecule has 0 spiro atoms. The van der Waals surface area contributed by atoms with Gasteiger partial charge in [0.2, 0.25) is 0 Å². The summed E-state index contributed by atoms with van der Waals surface area (Å²) < 4.78 is 61.8. The molecule has 0 bridgehead atoms. The molecule has 1 atom stereocenters. The van der Waals surface area contributed by atoms with Crippen LogP contribution in [0.4, 0.5) is 13.2 Å². The van der Waals surface area contributed by atoms with Crippen LogP contribution < -0.4 is 14.2 Å². The fourth-order valence-electron chi connectivity index (χ4n) is 4.03. The molecule has 0 saturated heterocycles. The van der Waals surface area contributed by atoms with Gasteiger partial charge in [0.25, 0.3) is 0 Å². The van der Waals surface area contributed by atoms with Crippen LogP contribution in [0.2, 0.25) is 10.0 Å². The Kier molecular flexibility index (Phi) is 6.73. The molecule has 0 saturated carbocycles. The Balaban J connectivity index is 1.68. The van der Waals surface area contributed by atoms with Crippen molar-refractivity contribution in [1.82, 2.24) is 9.72 Å². The topological polar surface area (TPSA) is 96.0 Å². The van der Waals surface area contributed by atoms with E-state index in [-0.39, 0.29) is 27.7 Å². The summed E-state index contributed by atoms with van der Waals surface area (Å²) in [5.74, 6) is -0.911. The smallest absolute Gasteiger partial charge is 0.479 e. The van der Waals surface area contributed by atoms with E-state index in [9.17, 15) is 18.0 Å². The molecule has 5 rings (SSSR count). The lowest BCUT2D eigenvalue weighted by Crippen LogP contribution is -2.22. The first-order valence-corrected chi connectivity index (χ1v) is 12.0. The van der Waals surface area contributed by atoms with Crippen LogP contribution >= 0.6 is 23.2 Å². The standard InChI is InChI=1S/C26H17Cl2F3N2O6/c1-12-23(37-22-11-15(4-7-19(22)28)36-13(2)25(34)35)18-10-16(38-26(29,30)31)5-8-20(18)33(12)24-17-6-3-14(27)9-21(17)39-32-24/h3-11,13H,1-2H3,(H,34,35)/t13-/m0/s1. The second-order valence-electron chi connectivity index (χ2n) is 8.42. The van der Waals surface area contributed by atoms with Gasteiger partial charge in [-0.15, -0.1) is 13.2 Å². The van der Waals surface area contributed by atoms with E-state index in [0.29, 0.717) is 33.0 Å². The number of alkyl halides is 3. The van der Waals surface area contributed by atoms with E-state index in [0.717, 1.165) is 0 Å². The van der Waals surface area contributed by atoms with Crippen molar-refractivity contribution in [3.05, 3.63) is 70.3 Å². The number of ether oxygens (including phenoxy) is 3. The van der Waals surface area contributed by atoms with Gasteiger partial charge in [0, 0.05) is 22.5 Å². The molecule has 8 nitrogen and oxygen atoms in total. The molecule has 0 fully saturated rings. The maximum atomic E-state index is 13.0. The number of hydrogen-bond donors (Lipinski definition) is 1. The molecule has 13 heteroatoms. The summed E-state index contributed by atoms with van der Waals surface area (Å²) in [6, 6.07) is 13.0. The van der Waals surface area contributed by atoms with Gasteiger partial charge in [-0.1, -0.05) is 28.4 Å². The van der Waals surface area contributed by atoms with Gasteiger partial charge < -0.3 is 23.8 Å². The van der Waals surface area contributed by atoms with Crippen molar-refractivity contribution in [2.45, 2.75) is 26.3 Å². The lowest BCUT2D eigenvalue weighted by molar-refractivity contribution is -0.274. The van der Waals surface area contributed by atoms with Gasteiger partial charge >= 0.3 is 12.3 Å². The highest BCUT2D eigenvalue weighted by Crippen LogP contribution is 2.43. The van der Waals surface area contributed by atoms with E-state index in [1.54, 1.807) is 29.7 Å². The zero-order valence-electron chi connectivity index (χ0n) is 20.0. The van der Waals surface area contributed by atoms with Crippen LogP contribution in [0.1, 0.15) is 12.6 Å². The van der Waals surface area contributed by atoms with E-state index < -0.39 is 24.2 Å². The average molecular weight is 581 g/mol. The Hall–Kier alpha value is -4.09. The van der Waals surface area contributed by atoms with Crippen molar-refractivity contribution in [2.75, 3.05) is 0 Å². The predicted octanol–water partition coefficient (Wildman–Crippen LogP) is 7.93. The third kappa shape index (κ3) is 5.27. The summed E-state index contributed by atoms with van der Waals surface area (Å²) >= 11 is 12.4. The quantitative estimate of drug-likeness (QED) is 0.209. The second-order valence-corrected chi connectivity index (χ2v) is 9.26. The maximum absolute atomic E-state index is 13.0. The Morgan fingerprint density at radius 3 is 2.51 bits per heavy atom. The Bertz CT molecular complexity index is 1730.